The van der Waals surface area contributed by atoms with Crippen molar-refractivity contribution in [1.29, 1.82) is 0 Å². The number of hydrogen-bond donors (Lipinski definition) is 2. The van der Waals surface area contributed by atoms with Crippen LogP contribution >= 0.6 is 0 Å². The molecule has 0 bridgehead atoms. The van der Waals surface area contributed by atoms with Crippen molar-refractivity contribution >= 4 is 5.91 Å². The molecule has 2 rings (SSSR count). The molecule has 1 saturated heterocycles. The molecule has 20 heavy (non-hydrogen) atoms. The van der Waals surface area contributed by atoms with Crippen molar-refractivity contribution in [3.63, 3.8) is 0 Å². The molecule has 1 amide bonds. The molecule has 2 atom stereocenters. The first-order valence-corrected chi connectivity index (χ1v) is 7.40. The highest BCUT2D eigenvalue weighted by atomic mass is 16.1. The summed E-state index contributed by atoms with van der Waals surface area (Å²) < 4.78 is 0. The molecular formula is C16H25N3O. The predicted molar refractivity (Wildman–Crippen MR) is 81.2 cm³/mol. The molecule has 1 aromatic rings. The van der Waals surface area contributed by atoms with Crippen LogP contribution in [0.1, 0.15) is 31.9 Å². The number of rotatable bonds is 5. The summed E-state index contributed by atoms with van der Waals surface area (Å²) in [6.45, 7) is 6.86. The van der Waals surface area contributed by atoms with Gasteiger partial charge < -0.3 is 11.1 Å². The zero-order valence-electron chi connectivity index (χ0n) is 12.4. The third-order valence-corrected chi connectivity index (χ3v) is 3.89. The first-order valence-electron chi connectivity index (χ1n) is 7.40. The standard InChI is InChI=1S/C16H25N3O/c1-12(2)10-14(13-6-4-3-5-7-13)19-9-8-18-11-15(19)16(17)20/h3-7,12,14-15,18H,8-11H2,1-2H3,(H2,17,20). The fourth-order valence-electron chi connectivity index (χ4n) is 2.94. The lowest BCUT2D eigenvalue weighted by Crippen LogP contribution is -2.57. The van der Waals surface area contributed by atoms with Gasteiger partial charge in [-0.1, -0.05) is 44.2 Å². The molecule has 0 radical (unpaired) electrons. The Balaban J connectivity index is 2.27. The highest BCUT2D eigenvalue weighted by Crippen LogP contribution is 2.30. The van der Waals surface area contributed by atoms with Crippen molar-refractivity contribution in [2.75, 3.05) is 19.6 Å². The second-order valence-corrected chi connectivity index (χ2v) is 5.92. The van der Waals surface area contributed by atoms with Gasteiger partial charge in [0.15, 0.2) is 0 Å². The molecule has 1 aliphatic rings. The van der Waals surface area contributed by atoms with E-state index in [4.69, 9.17) is 5.73 Å². The summed E-state index contributed by atoms with van der Waals surface area (Å²) in [7, 11) is 0. The summed E-state index contributed by atoms with van der Waals surface area (Å²) in [6.07, 6.45) is 1.04. The Kier molecular flexibility index (Phi) is 5.15. The smallest absolute Gasteiger partial charge is 0.236 e. The van der Waals surface area contributed by atoms with Crippen LogP contribution in [-0.2, 0) is 4.79 Å². The van der Waals surface area contributed by atoms with Crippen molar-refractivity contribution in [2.24, 2.45) is 11.7 Å². The lowest BCUT2D eigenvalue weighted by Gasteiger charge is -2.41. The maximum absolute atomic E-state index is 11.7. The molecule has 1 heterocycles. The lowest BCUT2D eigenvalue weighted by molar-refractivity contribution is -0.125. The van der Waals surface area contributed by atoms with Crippen LogP contribution in [0.2, 0.25) is 0 Å². The third kappa shape index (κ3) is 3.58. The van der Waals surface area contributed by atoms with Gasteiger partial charge in [0.05, 0.1) is 0 Å². The Bertz CT molecular complexity index is 433. The second kappa shape index (κ2) is 6.86. The van der Waals surface area contributed by atoms with E-state index in [1.54, 1.807) is 0 Å². The first kappa shape index (κ1) is 15.0. The van der Waals surface area contributed by atoms with Gasteiger partial charge in [0.2, 0.25) is 5.91 Å². The molecule has 4 nitrogen and oxygen atoms in total. The number of nitrogens with zero attached hydrogens (tertiary/aromatic N) is 1. The van der Waals surface area contributed by atoms with Crippen LogP contribution in [0, 0.1) is 5.92 Å². The van der Waals surface area contributed by atoms with E-state index in [9.17, 15) is 4.79 Å². The van der Waals surface area contributed by atoms with Crippen molar-refractivity contribution in [1.82, 2.24) is 10.2 Å². The normalized spacial score (nSPS) is 21.9. The fourth-order valence-corrected chi connectivity index (χ4v) is 2.94. The summed E-state index contributed by atoms with van der Waals surface area (Å²) in [6, 6.07) is 10.5. The van der Waals surface area contributed by atoms with Crippen molar-refractivity contribution in [3.05, 3.63) is 35.9 Å². The summed E-state index contributed by atoms with van der Waals surface area (Å²) in [4.78, 5) is 14.0. The van der Waals surface area contributed by atoms with Gasteiger partial charge in [0.1, 0.15) is 6.04 Å². The minimum atomic E-state index is -0.234. The molecule has 0 aromatic heterocycles. The van der Waals surface area contributed by atoms with E-state index in [0.29, 0.717) is 12.5 Å². The quantitative estimate of drug-likeness (QED) is 0.857. The summed E-state index contributed by atoms with van der Waals surface area (Å²) in [5.41, 5.74) is 6.86. The molecule has 110 valence electrons. The highest BCUT2D eigenvalue weighted by Gasteiger charge is 2.33. The zero-order valence-corrected chi connectivity index (χ0v) is 12.4. The largest absolute Gasteiger partial charge is 0.368 e. The van der Waals surface area contributed by atoms with Crippen LogP contribution in [0.4, 0.5) is 0 Å². The Labute approximate surface area is 121 Å². The average molecular weight is 275 g/mol. The molecule has 0 spiro atoms. The molecule has 0 aliphatic carbocycles. The third-order valence-electron chi connectivity index (χ3n) is 3.89. The first-order chi connectivity index (χ1) is 9.59. The van der Waals surface area contributed by atoms with Crippen LogP contribution in [0.3, 0.4) is 0 Å². The van der Waals surface area contributed by atoms with Crippen LogP contribution in [0.25, 0.3) is 0 Å². The number of nitrogens with two attached hydrogens (primary N) is 1. The average Bonchev–Trinajstić information content (AvgIpc) is 2.45. The molecule has 0 saturated carbocycles. The monoisotopic (exact) mass is 275 g/mol. The van der Waals surface area contributed by atoms with Gasteiger partial charge >= 0.3 is 0 Å². The number of benzene rings is 1. The Morgan fingerprint density at radius 1 is 1.40 bits per heavy atom. The number of hydrogen-bond acceptors (Lipinski definition) is 3. The summed E-state index contributed by atoms with van der Waals surface area (Å²) in [5, 5.41) is 3.26. The van der Waals surface area contributed by atoms with Crippen molar-refractivity contribution in [2.45, 2.75) is 32.4 Å². The van der Waals surface area contributed by atoms with Gasteiger partial charge in [-0.2, -0.15) is 0 Å². The number of nitrogens with one attached hydrogen (secondary N) is 1. The molecule has 4 heteroatoms. The Hall–Kier alpha value is -1.39. The molecule has 1 aromatic carbocycles. The van der Waals surface area contributed by atoms with E-state index >= 15 is 0 Å². The van der Waals surface area contributed by atoms with E-state index in [-0.39, 0.29) is 18.0 Å². The van der Waals surface area contributed by atoms with Crippen LogP contribution in [0.15, 0.2) is 30.3 Å². The van der Waals surface area contributed by atoms with Gasteiger partial charge in [-0.3, -0.25) is 9.69 Å². The predicted octanol–water partition coefficient (Wildman–Crippen LogP) is 1.53. The van der Waals surface area contributed by atoms with Crippen LogP contribution < -0.4 is 11.1 Å². The van der Waals surface area contributed by atoms with Gasteiger partial charge in [0, 0.05) is 25.7 Å². The molecule has 1 fully saturated rings. The van der Waals surface area contributed by atoms with E-state index < -0.39 is 0 Å². The van der Waals surface area contributed by atoms with E-state index in [1.807, 2.05) is 6.07 Å². The van der Waals surface area contributed by atoms with E-state index in [1.165, 1.54) is 5.56 Å². The maximum Gasteiger partial charge on any atom is 0.236 e. The van der Waals surface area contributed by atoms with Crippen LogP contribution in [0.5, 0.6) is 0 Å². The Morgan fingerprint density at radius 3 is 2.70 bits per heavy atom. The van der Waals surface area contributed by atoms with Gasteiger partial charge in [-0.15, -0.1) is 0 Å². The maximum atomic E-state index is 11.7. The summed E-state index contributed by atoms with van der Waals surface area (Å²) in [5.74, 6) is 0.338. The highest BCUT2D eigenvalue weighted by molar-refractivity contribution is 5.80. The van der Waals surface area contributed by atoms with E-state index in [0.717, 1.165) is 19.5 Å². The van der Waals surface area contributed by atoms with Crippen molar-refractivity contribution in [3.8, 4) is 0 Å². The Morgan fingerprint density at radius 2 is 2.10 bits per heavy atom. The van der Waals surface area contributed by atoms with Crippen LogP contribution in [-0.4, -0.2) is 36.5 Å². The fraction of sp³-hybridized carbons (Fsp3) is 0.562. The number of amides is 1. The number of carbonyl (C=O) groups excluding carboxylic acids is 1. The number of carbonyl (C=O) groups is 1. The zero-order chi connectivity index (χ0) is 14.5. The van der Waals surface area contributed by atoms with E-state index in [2.05, 4.69) is 48.3 Å². The van der Waals surface area contributed by atoms with Crippen molar-refractivity contribution < 1.29 is 4.79 Å². The molecule has 1 aliphatic heterocycles. The second-order valence-electron chi connectivity index (χ2n) is 5.92. The minimum Gasteiger partial charge on any atom is -0.368 e. The SMILES string of the molecule is CC(C)CC(c1ccccc1)N1CCNCC1C(N)=O. The molecule has 3 N–H and O–H groups in total. The van der Waals surface area contributed by atoms with Gasteiger partial charge in [0.25, 0.3) is 0 Å². The minimum absolute atomic E-state index is 0.215. The lowest BCUT2D eigenvalue weighted by atomic mass is 9.93. The molecule has 2 unspecified atom stereocenters. The van der Waals surface area contributed by atoms with Gasteiger partial charge in [-0.05, 0) is 17.9 Å². The molecular weight excluding hydrogens is 250 g/mol. The number of primary amides is 1. The van der Waals surface area contributed by atoms with Gasteiger partial charge in [-0.25, -0.2) is 0 Å². The number of piperazine rings is 1. The summed E-state index contributed by atoms with van der Waals surface area (Å²) >= 11 is 0. The topological polar surface area (TPSA) is 58.4 Å².